The van der Waals surface area contributed by atoms with Crippen LogP contribution < -0.4 is 11.5 Å². The highest BCUT2D eigenvalue weighted by Gasteiger charge is 2.17. The molecule has 0 fully saturated rings. The van der Waals surface area contributed by atoms with E-state index in [1.165, 1.54) is 30.1 Å². The molecule has 7 nitrogen and oxygen atoms in total. The molecule has 0 bridgehead atoms. The van der Waals surface area contributed by atoms with Crippen molar-refractivity contribution in [1.29, 1.82) is 0 Å². The highest BCUT2D eigenvalue weighted by Crippen LogP contribution is 2.23. The Morgan fingerprint density at radius 1 is 1.40 bits per heavy atom. The highest BCUT2D eigenvalue weighted by atomic mass is 35.5. The first-order valence-corrected chi connectivity index (χ1v) is 5.85. The number of nitrogens with zero attached hydrogens (tertiary/aromatic N) is 2. The summed E-state index contributed by atoms with van der Waals surface area (Å²) in [7, 11) is 1.23. The molecule has 1 heterocycles. The van der Waals surface area contributed by atoms with Crippen molar-refractivity contribution in [2.24, 2.45) is 5.73 Å². The van der Waals surface area contributed by atoms with E-state index in [-0.39, 0.29) is 22.0 Å². The van der Waals surface area contributed by atoms with Crippen molar-refractivity contribution in [3.8, 4) is 5.69 Å². The van der Waals surface area contributed by atoms with E-state index < -0.39 is 11.9 Å². The van der Waals surface area contributed by atoms with Crippen LogP contribution in [-0.2, 0) is 4.74 Å². The Morgan fingerprint density at radius 2 is 2.10 bits per heavy atom. The zero-order valence-electron chi connectivity index (χ0n) is 10.5. The minimum absolute atomic E-state index is 0.0115. The average Bonchev–Trinajstić information content (AvgIpc) is 2.79. The molecule has 0 spiro atoms. The zero-order valence-corrected chi connectivity index (χ0v) is 11.2. The Morgan fingerprint density at radius 3 is 2.65 bits per heavy atom. The molecule has 0 unspecified atom stereocenters. The summed E-state index contributed by atoms with van der Waals surface area (Å²) in [6.07, 6.45) is 1.43. The average molecular weight is 295 g/mol. The van der Waals surface area contributed by atoms with Gasteiger partial charge in [0.1, 0.15) is 0 Å². The van der Waals surface area contributed by atoms with Crippen molar-refractivity contribution in [1.82, 2.24) is 9.78 Å². The first-order chi connectivity index (χ1) is 9.43. The van der Waals surface area contributed by atoms with Crippen molar-refractivity contribution >= 4 is 29.2 Å². The van der Waals surface area contributed by atoms with Gasteiger partial charge in [0, 0.05) is 5.56 Å². The second kappa shape index (κ2) is 5.22. The summed E-state index contributed by atoms with van der Waals surface area (Å²) < 4.78 is 5.89. The molecule has 0 aliphatic heterocycles. The van der Waals surface area contributed by atoms with Crippen molar-refractivity contribution in [2.75, 3.05) is 12.8 Å². The van der Waals surface area contributed by atoms with Crippen LogP contribution in [0.5, 0.6) is 0 Å². The predicted octanol–water partition coefficient (Wildman–Crippen LogP) is 0.993. The fourth-order valence-electron chi connectivity index (χ4n) is 1.61. The van der Waals surface area contributed by atoms with Crippen molar-refractivity contribution in [3.63, 3.8) is 0 Å². The molecule has 0 aliphatic rings. The van der Waals surface area contributed by atoms with E-state index in [0.29, 0.717) is 5.69 Å². The van der Waals surface area contributed by atoms with Gasteiger partial charge in [0.2, 0.25) is 5.91 Å². The number of hydrogen-bond acceptors (Lipinski definition) is 5. The Kier molecular flexibility index (Phi) is 3.62. The van der Waals surface area contributed by atoms with E-state index in [9.17, 15) is 9.59 Å². The van der Waals surface area contributed by atoms with E-state index in [1.54, 1.807) is 6.07 Å². The molecular weight excluding hydrogens is 284 g/mol. The van der Waals surface area contributed by atoms with Crippen molar-refractivity contribution in [2.45, 2.75) is 0 Å². The van der Waals surface area contributed by atoms with Crippen LogP contribution in [0.1, 0.15) is 20.8 Å². The highest BCUT2D eigenvalue weighted by molar-refractivity contribution is 6.32. The Labute approximate surface area is 119 Å². The third-order valence-electron chi connectivity index (χ3n) is 2.60. The molecule has 1 amide bonds. The Hall–Kier alpha value is -2.54. The summed E-state index contributed by atoms with van der Waals surface area (Å²) in [4.78, 5) is 22.5. The number of aromatic nitrogens is 2. The zero-order chi connectivity index (χ0) is 14.9. The molecule has 2 aromatic rings. The van der Waals surface area contributed by atoms with Crippen LogP contribution in [0.15, 0.2) is 24.4 Å². The smallest absolute Gasteiger partial charge is 0.360 e. The second-order valence-electron chi connectivity index (χ2n) is 3.90. The topological polar surface area (TPSA) is 113 Å². The molecular formula is C12H11ClN4O3. The minimum atomic E-state index is -0.647. The normalized spacial score (nSPS) is 10.3. The standard InChI is InChI=1S/C12H11ClN4O3/c1-20-12(19)10-8(14)5-17(16-10)9-3-2-6(11(15)18)4-7(9)13/h2-5H,14H2,1H3,(H2,15,18). The third-order valence-corrected chi connectivity index (χ3v) is 2.90. The summed E-state index contributed by atoms with van der Waals surface area (Å²) in [5.41, 5.74) is 11.7. The molecule has 0 radical (unpaired) electrons. The van der Waals surface area contributed by atoms with Gasteiger partial charge < -0.3 is 16.2 Å². The number of carbonyl (C=O) groups excluding carboxylic acids is 2. The summed E-state index contributed by atoms with van der Waals surface area (Å²) in [5.74, 6) is -1.24. The largest absolute Gasteiger partial charge is 0.464 e. The lowest BCUT2D eigenvalue weighted by Crippen LogP contribution is -2.11. The van der Waals surface area contributed by atoms with E-state index >= 15 is 0 Å². The lowest BCUT2D eigenvalue weighted by atomic mass is 10.2. The van der Waals surface area contributed by atoms with E-state index in [1.807, 2.05) is 0 Å². The van der Waals surface area contributed by atoms with E-state index in [4.69, 9.17) is 23.1 Å². The van der Waals surface area contributed by atoms with Gasteiger partial charge in [-0.3, -0.25) is 4.79 Å². The lowest BCUT2D eigenvalue weighted by molar-refractivity contribution is 0.0594. The quantitative estimate of drug-likeness (QED) is 0.820. The molecule has 0 atom stereocenters. The number of anilines is 1. The number of rotatable bonds is 3. The van der Waals surface area contributed by atoms with Gasteiger partial charge in [-0.05, 0) is 18.2 Å². The summed E-state index contributed by atoms with van der Waals surface area (Å²) >= 11 is 6.06. The summed E-state index contributed by atoms with van der Waals surface area (Å²) in [6.45, 7) is 0. The van der Waals surface area contributed by atoms with E-state index in [2.05, 4.69) is 9.84 Å². The van der Waals surface area contributed by atoms with Crippen LogP contribution in [0.25, 0.3) is 5.69 Å². The van der Waals surface area contributed by atoms with Gasteiger partial charge >= 0.3 is 5.97 Å². The van der Waals surface area contributed by atoms with Crippen LogP contribution in [-0.4, -0.2) is 28.8 Å². The summed E-state index contributed by atoms with van der Waals surface area (Å²) in [6, 6.07) is 4.46. The minimum Gasteiger partial charge on any atom is -0.464 e. The molecule has 1 aromatic carbocycles. The molecule has 4 N–H and O–H groups in total. The van der Waals surface area contributed by atoms with Gasteiger partial charge in [0.05, 0.1) is 29.7 Å². The molecule has 0 saturated heterocycles. The van der Waals surface area contributed by atoms with Gasteiger partial charge in [-0.25, -0.2) is 9.48 Å². The second-order valence-corrected chi connectivity index (χ2v) is 4.31. The van der Waals surface area contributed by atoms with Gasteiger partial charge in [0.25, 0.3) is 0 Å². The SMILES string of the molecule is COC(=O)c1nn(-c2ccc(C(N)=O)cc2Cl)cc1N. The number of halogens is 1. The molecule has 1 aromatic heterocycles. The first-order valence-electron chi connectivity index (χ1n) is 5.47. The fraction of sp³-hybridized carbons (Fsp3) is 0.0833. The predicted molar refractivity (Wildman–Crippen MR) is 72.8 cm³/mol. The lowest BCUT2D eigenvalue weighted by Gasteiger charge is -2.05. The van der Waals surface area contributed by atoms with Gasteiger partial charge in [-0.2, -0.15) is 5.10 Å². The molecule has 8 heteroatoms. The van der Waals surface area contributed by atoms with Crippen LogP contribution >= 0.6 is 11.6 Å². The number of amides is 1. The molecule has 2 rings (SSSR count). The Balaban J connectivity index is 2.47. The van der Waals surface area contributed by atoms with Gasteiger partial charge in [0.15, 0.2) is 5.69 Å². The number of carbonyl (C=O) groups is 2. The van der Waals surface area contributed by atoms with Crippen LogP contribution in [0, 0.1) is 0 Å². The Bertz CT molecular complexity index is 696. The molecule has 20 heavy (non-hydrogen) atoms. The number of hydrogen-bond donors (Lipinski definition) is 2. The van der Waals surface area contributed by atoms with Crippen molar-refractivity contribution < 1.29 is 14.3 Å². The molecule has 0 saturated carbocycles. The van der Waals surface area contributed by atoms with Crippen LogP contribution in [0.4, 0.5) is 5.69 Å². The number of methoxy groups -OCH3 is 1. The fourth-order valence-corrected chi connectivity index (χ4v) is 1.88. The summed E-state index contributed by atoms with van der Waals surface area (Å²) in [5, 5.41) is 4.25. The molecule has 104 valence electrons. The van der Waals surface area contributed by atoms with E-state index in [0.717, 1.165) is 0 Å². The number of benzene rings is 1. The van der Waals surface area contributed by atoms with Crippen molar-refractivity contribution in [3.05, 3.63) is 40.7 Å². The maximum atomic E-state index is 11.4. The maximum Gasteiger partial charge on any atom is 0.360 e. The molecule has 0 aliphatic carbocycles. The monoisotopic (exact) mass is 294 g/mol. The van der Waals surface area contributed by atoms with Gasteiger partial charge in [-0.1, -0.05) is 11.6 Å². The van der Waals surface area contributed by atoms with Gasteiger partial charge in [-0.15, -0.1) is 0 Å². The third kappa shape index (κ3) is 2.43. The van der Waals surface area contributed by atoms with Crippen LogP contribution in [0.3, 0.4) is 0 Å². The number of primary amides is 1. The number of esters is 1. The first kappa shape index (κ1) is 13.9. The number of nitrogens with two attached hydrogens (primary N) is 2. The van der Waals surface area contributed by atoms with Crippen LogP contribution in [0.2, 0.25) is 5.02 Å². The maximum absolute atomic E-state index is 11.4. The number of ether oxygens (including phenoxy) is 1. The number of nitrogen functional groups attached to an aromatic ring is 1.